The number of carboxylic acids is 1. The Morgan fingerprint density at radius 2 is 1.90 bits per heavy atom. The van der Waals surface area contributed by atoms with Crippen LogP contribution in [0.4, 0.5) is 5.13 Å². The molecule has 2 aliphatic heterocycles. The number of hydrogen-bond donors (Lipinski definition) is 1. The van der Waals surface area contributed by atoms with E-state index in [1.54, 1.807) is 18.2 Å². The molecule has 2 aromatic heterocycles. The molecule has 4 aromatic rings. The van der Waals surface area contributed by atoms with Crippen LogP contribution in [0.1, 0.15) is 71.7 Å². The Balaban J connectivity index is 1.12. The van der Waals surface area contributed by atoms with Crippen molar-refractivity contribution in [2.75, 3.05) is 4.90 Å². The number of ether oxygens (including phenoxy) is 1. The zero-order valence-corrected chi connectivity index (χ0v) is 23.6. The molecule has 3 fully saturated rings. The first kappa shape index (κ1) is 25.8. The largest absolute Gasteiger partial charge is 0.478 e. The fourth-order valence-electron chi connectivity index (χ4n) is 6.16. The van der Waals surface area contributed by atoms with Crippen molar-refractivity contribution in [3.63, 3.8) is 0 Å². The second kappa shape index (κ2) is 10.0. The van der Waals surface area contributed by atoms with Gasteiger partial charge in [-0.1, -0.05) is 45.8 Å². The fraction of sp³-hybridized carbons (Fsp3) is 0.379. The summed E-state index contributed by atoms with van der Waals surface area (Å²) in [7, 11) is 0. The minimum Gasteiger partial charge on any atom is -0.478 e. The average molecular weight is 596 g/mol. The normalized spacial score (nSPS) is 22.1. The zero-order chi connectivity index (χ0) is 27.5. The lowest BCUT2D eigenvalue weighted by atomic mass is 10.00. The first-order chi connectivity index (χ1) is 19.4. The number of carbonyl (C=O) groups is 1. The average Bonchev–Trinajstić information content (AvgIpc) is 3.46. The molecule has 1 aliphatic carbocycles. The van der Waals surface area contributed by atoms with Crippen LogP contribution in [0.25, 0.3) is 21.5 Å². The lowest BCUT2D eigenvalue weighted by Gasteiger charge is -2.38. The number of piperidine rings is 1. The maximum Gasteiger partial charge on any atom is 0.335 e. The van der Waals surface area contributed by atoms with Crippen LogP contribution in [0.5, 0.6) is 0 Å². The van der Waals surface area contributed by atoms with Crippen molar-refractivity contribution >= 4 is 55.9 Å². The monoisotopic (exact) mass is 594 g/mol. The van der Waals surface area contributed by atoms with Crippen molar-refractivity contribution in [2.45, 2.75) is 69.2 Å². The highest BCUT2D eigenvalue weighted by molar-refractivity contribution is 7.22. The van der Waals surface area contributed by atoms with E-state index in [1.165, 1.54) is 17.4 Å². The van der Waals surface area contributed by atoms with Gasteiger partial charge in [0, 0.05) is 29.1 Å². The number of hydrogen-bond acceptors (Lipinski definition) is 8. The quantitative estimate of drug-likeness (QED) is 0.235. The summed E-state index contributed by atoms with van der Waals surface area (Å²) in [5.41, 5.74) is 3.21. The molecule has 2 bridgehead atoms. The van der Waals surface area contributed by atoms with Gasteiger partial charge in [-0.15, -0.1) is 0 Å². The van der Waals surface area contributed by atoms with Crippen molar-refractivity contribution in [1.82, 2.24) is 10.1 Å². The van der Waals surface area contributed by atoms with E-state index in [4.69, 9.17) is 37.4 Å². The number of thiazole rings is 1. The van der Waals surface area contributed by atoms with Gasteiger partial charge >= 0.3 is 5.97 Å². The lowest BCUT2D eigenvalue weighted by Crippen LogP contribution is -2.45. The predicted molar refractivity (Wildman–Crippen MR) is 152 cm³/mol. The van der Waals surface area contributed by atoms with E-state index in [2.05, 4.69) is 16.1 Å². The van der Waals surface area contributed by atoms with Gasteiger partial charge in [-0.2, -0.15) is 5.26 Å². The van der Waals surface area contributed by atoms with Crippen molar-refractivity contribution in [1.29, 1.82) is 5.26 Å². The number of halogens is 2. The summed E-state index contributed by atoms with van der Waals surface area (Å²) in [6.45, 7) is 0.376. The third-order valence-corrected chi connectivity index (χ3v) is 9.84. The Morgan fingerprint density at radius 3 is 2.55 bits per heavy atom. The van der Waals surface area contributed by atoms with E-state index in [-0.39, 0.29) is 29.3 Å². The molecule has 8 nitrogen and oxygen atoms in total. The molecule has 0 amide bonds. The van der Waals surface area contributed by atoms with Crippen molar-refractivity contribution in [3.8, 4) is 17.3 Å². The number of aromatic carboxylic acids is 1. The molecule has 0 radical (unpaired) electrons. The summed E-state index contributed by atoms with van der Waals surface area (Å²) in [5, 5.41) is 25.3. The van der Waals surface area contributed by atoms with Crippen molar-refractivity contribution < 1.29 is 19.2 Å². The molecule has 40 heavy (non-hydrogen) atoms. The van der Waals surface area contributed by atoms with Gasteiger partial charge < -0.3 is 19.3 Å². The summed E-state index contributed by atoms with van der Waals surface area (Å²) >= 11 is 14.5. The van der Waals surface area contributed by atoms with Crippen LogP contribution in [0.15, 0.2) is 34.9 Å². The van der Waals surface area contributed by atoms with Crippen LogP contribution < -0.4 is 4.90 Å². The van der Waals surface area contributed by atoms with Crippen LogP contribution >= 0.6 is 34.5 Å². The van der Waals surface area contributed by atoms with Crippen LogP contribution in [-0.2, 0) is 11.3 Å². The standard InChI is InChI=1S/C29H24Cl2N4O4S/c30-21-2-1-3-22(31)24(21)26-20(27(39-34-26)14-4-5-14)13-38-19-10-17-6-7-18(11-19)35(17)29-33-25-16(12-32)8-15(28(36)37)9-23(25)40-29/h1-3,8-9,14,17-19H,4-7,10-11,13H2,(H,36,37). The first-order valence-corrected chi connectivity index (χ1v) is 14.9. The molecule has 11 heteroatoms. The molecule has 2 atom stereocenters. The second-order valence-electron chi connectivity index (χ2n) is 10.7. The molecule has 1 N–H and O–H groups in total. The number of rotatable bonds is 7. The summed E-state index contributed by atoms with van der Waals surface area (Å²) < 4.78 is 13.1. The molecule has 204 valence electrons. The number of carboxylic acid groups (broad SMARTS) is 1. The van der Waals surface area contributed by atoms with Gasteiger partial charge in [0.05, 0.1) is 38.6 Å². The van der Waals surface area contributed by atoms with Crippen molar-refractivity contribution in [2.24, 2.45) is 0 Å². The van der Waals surface area contributed by atoms with E-state index >= 15 is 0 Å². The molecule has 4 heterocycles. The maximum atomic E-state index is 11.5. The Kier molecular flexibility index (Phi) is 6.47. The van der Waals surface area contributed by atoms with Gasteiger partial charge in [0.25, 0.3) is 0 Å². The number of fused-ring (bicyclic) bond motifs is 3. The van der Waals surface area contributed by atoms with Gasteiger partial charge in [-0.25, -0.2) is 9.78 Å². The topological polar surface area (TPSA) is 112 Å². The molecule has 1 saturated carbocycles. The van der Waals surface area contributed by atoms with Crippen LogP contribution in [-0.4, -0.2) is 39.4 Å². The van der Waals surface area contributed by atoms with Gasteiger partial charge in [0.2, 0.25) is 0 Å². The van der Waals surface area contributed by atoms with Crippen LogP contribution in [0, 0.1) is 11.3 Å². The van der Waals surface area contributed by atoms with E-state index in [0.717, 1.165) is 59.7 Å². The summed E-state index contributed by atoms with van der Waals surface area (Å²) in [4.78, 5) is 18.7. The summed E-state index contributed by atoms with van der Waals surface area (Å²) in [5.74, 6) is 0.178. The second-order valence-corrected chi connectivity index (χ2v) is 12.5. The maximum absolute atomic E-state index is 11.5. The zero-order valence-electron chi connectivity index (χ0n) is 21.3. The highest BCUT2D eigenvalue weighted by Gasteiger charge is 2.43. The predicted octanol–water partition coefficient (Wildman–Crippen LogP) is 7.42. The fourth-order valence-corrected chi connectivity index (χ4v) is 7.91. The lowest BCUT2D eigenvalue weighted by molar-refractivity contribution is 0.0147. The molecule has 2 aromatic carbocycles. The van der Waals surface area contributed by atoms with E-state index in [9.17, 15) is 15.2 Å². The minimum absolute atomic E-state index is 0.0629. The molecule has 2 unspecified atom stereocenters. The highest BCUT2D eigenvalue weighted by atomic mass is 35.5. The Hall–Kier alpha value is -3.16. The van der Waals surface area contributed by atoms with Crippen LogP contribution in [0.3, 0.4) is 0 Å². The van der Waals surface area contributed by atoms with Gasteiger partial charge in [0.15, 0.2) is 5.13 Å². The number of nitriles is 1. The van der Waals surface area contributed by atoms with E-state index < -0.39 is 5.97 Å². The smallest absolute Gasteiger partial charge is 0.335 e. The molecule has 2 saturated heterocycles. The van der Waals surface area contributed by atoms with Gasteiger partial charge in [-0.05, 0) is 62.8 Å². The highest BCUT2D eigenvalue weighted by Crippen LogP contribution is 2.47. The van der Waals surface area contributed by atoms with Crippen molar-refractivity contribution in [3.05, 3.63) is 62.8 Å². The number of benzene rings is 2. The summed E-state index contributed by atoms with van der Waals surface area (Å²) in [6.07, 6.45) is 5.98. The molecule has 0 spiro atoms. The van der Waals surface area contributed by atoms with Crippen LogP contribution in [0.2, 0.25) is 10.0 Å². The minimum atomic E-state index is -1.05. The Bertz CT molecular complexity index is 1660. The third-order valence-electron chi connectivity index (χ3n) is 8.19. The molecule has 7 rings (SSSR count). The molecular weight excluding hydrogens is 571 g/mol. The van der Waals surface area contributed by atoms with Gasteiger partial charge in [-0.3, -0.25) is 0 Å². The molecule has 3 aliphatic rings. The number of nitrogens with zero attached hydrogens (tertiary/aromatic N) is 4. The SMILES string of the molecule is N#Cc1cc(C(=O)O)cc2sc(N3C4CCC3CC(OCc3c(-c5c(Cl)cccc5Cl)noc3C3CC3)C4)nc12. The Labute approximate surface area is 244 Å². The third kappa shape index (κ3) is 4.44. The molecular formula is C29H24Cl2N4O4S. The number of aromatic nitrogens is 2. The summed E-state index contributed by atoms with van der Waals surface area (Å²) in [6, 6.07) is 11.1. The van der Waals surface area contributed by atoms with Gasteiger partial charge in [0.1, 0.15) is 23.0 Å². The number of anilines is 1. The van der Waals surface area contributed by atoms with E-state index in [1.807, 2.05) is 6.07 Å². The Morgan fingerprint density at radius 1 is 1.18 bits per heavy atom. The first-order valence-electron chi connectivity index (χ1n) is 13.3. The van der Waals surface area contributed by atoms with E-state index in [0.29, 0.717) is 39.3 Å².